The second kappa shape index (κ2) is 7.21. The molecule has 0 unspecified atom stereocenters. The number of benzene rings is 1. The Labute approximate surface area is 133 Å². The predicted octanol–water partition coefficient (Wildman–Crippen LogP) is 0.778. The molecule has 0 bridgehead atoms. The van der Waals surface area contributed by atoms with E-state index in [0.717, 1.165) is 0 Å². The van der Waals surface area contributed by atoms with Gasteiger partial charge in [0.2, 0.25) is 5.91 Å². The molecule has 0 fully saturated rings. The number of ether oxygens (including phenoxy) is 1. The van der Waals surface area contributed by atoms with Gasteiger partial charge in [0.05, 0.1) is 13.7 Å². The summed E-state index contributed by atoms with van der Waals surface area (Å²) in [7, 11) is 3.05. The van der Waals surface area contributed by atoms with Gasteiger partial charge in [-0.3, -0.25) is 9.59 Å². The maximum Gasteiger partial charge on any atom is 0.276 e. The third-order valence-electron chi connectivity index (χ3n) is 3.03. The quantitative estimate of drug-likeness (QED) is 0.843. The molecule has 0 atom stereocenters. The van der Waals surface area contributed by atoms with E-state index >= 15 is 0 Å². The summed E-state index contributed by atoms with van der Waals surface area (Å²) in [5.41, 5.74) is 6.24. The molecule has 0 spiro atoms. The molecule has 0 aliphatic heterocycles. The summed E-state index contributed by atoms with van der Waals surface area (Å²) in [5, 5.41) is 2.69. The number of nitrogen functional groups attached to an aromatic ring is 1. The Balaban J connectivity index is 1.96. The minimum atomic E-state index is -0.472. The molecule has 0 saturated carbocycles. The molecule has 8 heteroatoms. The SMILES string of the molecule is COc1ccc(NC(=O)CN(C)C(=O)c2nccnc2N)cc1. The lowest BCUT2D eigenvalue weighted by Gasteiger charge is -2.16. The molecule has 2 amide bonds. The van der Waals surface area contributed by atoms with Crippen LogP contribution in [0, 0.1) is 0 Å². The summed E-state index contributed by atoms with van der Waals surface area (Å²) < 4.78 is 5.04. The minimum absolute atomic E-state index is 0.0206. The van der Waals surface area contributed by atoms with Gasteiger partial charge in [0.25, 0.3) is 5.91 Å². The summed E-state index contributed by atoms with van der Waals surface area (Å²) in [6.45, 7) is -0.138. The fourth-order valence-electron chi connectivity index (χ4n) is 1.86. The van der Waals surface area contributed by atoms with E-state index in [-0.39, 0.29) is 24.0 Å². The standard InChI is InChI=1S/C15H17N5O3/c1-20(15(22)13-14(16)18-8-7-17-13)9-12(21)19-10-3-5-11(23-2)6-4-10/h3-8H,9H2,1-2H3,(H2,16,18)(H,19,21). The van der Waals surface area contributed by atoms with Gasteiger partial charge in [0.1, 0.15) is 5.75 Å². The van der Waals surface area contributed by atoms with Crippen molar-refractivity contribution in [2.75, 3.05) is 31.8 Å². The van der Waals surface area contributed by atoms with Gasteiger partial charge >= 0.3 is 0 Å². The van der Waals surface area contributed by atoms with Crippen LogP contribution in [0.5, 0.6) is 5.75 Å². The van der Waals surface area contributed by atoms with Gasteiger partial charge in [0.15, 0.2) is 11.5 Å². The normalized spacial score (nSPS) is 10.0. The van der Waals surface area contributed by atoms with Crippen LogP contribution in [0.2, 0.25) is 0 Å². The molecule has 23 heavy (non-hydrogen) atoms. The van der Waals surface area contributed by atoms with Gasteiger partial charge in [-0.15, -0.1) is 0 Å². The van der Waals surface area contributed by atoms with Crippen molar-refractivity contribution in [2.45, 2.75) is 0 Å². The molecule has 0 saturated heterocycles. The third-order valence-corrected chi connectivity index (χ3v) is 3.03. The molecule has 0 aliphatic carbocycles. The molecule has 0 aliphatic rings. The lowest BCUT2D eigenvalue weighted by Crippen LogP contribution is -2.35. The lowest BCUT2D eigenvalue weighted by molar-refractivity contribution is -0.116. The highest BCUT2D eigenvalue weighted by molar-refractivity contribution is 6.00. The number of amides is 2. The van der Waals surface area contributed by atoms with Crippen molar-refractivity contribution < 1.29 is 14.3 Å². The number of methoxy groups -OCH3 is 1. The van der Waals surface area contributed by atoms with Gasteiger partial charge in [-0.2, -0.15) is 0 Å². The Bertz CT molecular complexity index is 703. The Kier molecular flexibility index (Phi) is 5.08. The zero-order chi connectivity index (χ0) is 16.8. The topological polar surface area (TPSA) is 110 Å². The maximum atomic E-state index is 12.2. The van der Waals surface area contributed by atoms with Crippen LogP contribution in [0.1, 0.15) is 10.5 Å². The second-order valence-corrected chi connectivity index (χ2v) is 4.73. The van der Waals surface area contributed by atoms with E-state index in [2.05, 4.69) is 15.3 Å². The van der Waals surface area contributed by atoms with Gasteiger partial charge in [-0.1, -0.05) is 0 Å². The summed E-state index contributed by atoms with van der Waals surface area (Å²) in [6, 6.07) is 6.87. The van der Waals surface area contributed by atoms with E-state index in [1.54, 1.807) is 31.4 Å². The number of nitrogens with zero attached hydrogens (tertiary/aromatic N) is 3. The Morgan fingerprint density at radius 3 is 2.48 bits per heavy atom. The zero-order valence-corrected chi connectivity index (χ0v) is 12.8. The highest BCUT2D eigenvalue weighted by Gasteiger charge is 2.19. The molecule has 120 valence electrons. The molecule has 1 heterocycles. The van der Waals surface area contributed by atoms with Crippen LogP contribution in [-0.4, -0.2) is 47.4 Å². The fraction of sp³-hybridized carbons (Fsp3) is 0.200. The maximum absolute atomic E-state index is 12.2. The van der Waals surface area contributed by atoms with E-state index in [4.69, 9.17) is 10.5 Å². The first-order valence-electron chi connectivity index (χ1n) is 6.77. The predicted molar refractivity (Wildman–Crippen MR) is 85.0 cm³/mol. The molecule has 3 N–H and O–H groups in total. The molecular formula is C15H17N5O3. The average molecular weight is 315 g/mol. The van der Waals surface area contributed by atoms with E-state index < -0.39 is 5.91 Å². The molecule has 1 aromatic carbocycles. The first kappa shape index (κ1) is 16.2. The van der Waals surface area contributed by atoms with Crippen LogP contribution in [-0.2, 0) is 4.79 Å². The number of nitrogens with two attached hydrogens (primary N) is 1. The van der Waals surface area contributed by atoms with Crippen LogP contribution in [0.15, 0.2) is 36.7 Å². The Hall–Kier alpha value is -3.16. The number of carbonyl (C=O) groups excluding carboxylic acids is 2. The second-order valence-electron chi connectivity index (χ2n) is 4.73. The summed E-state index contributed by atoms with van der Waals surface area (Å²) in [6.07, 6.45) is 2.76. The van der Waals surface area contributed by atoms with Crippen molar-refractivity contribution in [3.63, 3.8) is 0 Å². The van der Waals surface area contributed by atoms with Crippen LogP contribution in [0.25, 0.3) is 0 Å². The van der Waals surface area contributed by atoms with Gasteiger partial charge < -0.3 is 20.7 Å². The van der Waals surface area contributed by atoms with Crippen molar-refractivity contribution in [1.82, 2.24) is 14.9 Å². The lowest BCUT2D eigenvalue weighted by atomic mass is 10.3. The Morgan fingerprint density at radius 2 is 1.87 bits per heavy atom. The summed E-state index contributed by atoms with van der Waals surface area (Å²) in [5.74, 6) is -0.0951. The first-order valence-corrected chi connectivity index (χ1v) is 6.77. The Morgan fingerprint density at radius 1 is 1.22 bits per heavy atom. The number of aromatic nitrogens is 2. The zero-order valence-electron chi connectivity index (χ0n) is 12.8. The van der Waals surface area contributed by atoms with Crippen molar-refractivity contribution in [3.8, 4) is 5.75 Å². The molecule has 0 radical (unpaired) electrons. The first-order chi connectivity index (χ1) is 11.0. The molecule has 2 aromatic rings. The number of hydrogen-bond donors (Lipinski definition) is 2. The highest BCUT2D eigenvalue weighted by Crippen LogP contribution is 2.15. The minimum Gasteiger partial charge on any atom is -0.497 e. The monoisotopic (exact) mass is 315 g/mol. The number of carbonyl (C=O) groups is 2. The van der Waals surface area contributed by atoms with Crippen LogP contribution in [0.3, 0.4) is 0 Å². The van der Waals surface area contributed by atoms with Crippen molar-refractivity contribution in [3.05, 3.63) is 42.4 Å². The largest absolute Gasteiger partial charge is 0.497 e. The molecule has 8 nitrogen and oxygen atoms in total. The number of hydrogen-bond acceptors (Lipinski definition) is 6. The number of nitrogens with one attached hydrogen (secondary N) is 1. The van der Waals surface area contributed by atoms with E-state index in [1.165, 1.54) is 24.3 Å². The van der Waals surface area contributed by atoms with E-state index in [9.17, 15) is 9.59 Å². The van der Waals surface area contributed by atoms with Crippen LogP contribution in [0.4, 0.5) is 11.5 Å². The van der Waals surface area contributed by atoms with Gasteiger partial charge in [-0.05, 0) is 24.3 Å². The van der Waals surface area contributed by atoms with Crippen LogP contribution < -0.4 is 15.8 Å². The van der Waals surface area contributed by atoms with Crippen molar-refractivity contribution in [2.24, 2.45) is 0 Å². The summed E-state index contributed by atoms with van der Waals surface area (Å²) >= 11 is 0. The number of rotatable bonds is 5. The molecule has 2 rings (SSSR count). The molecule has 1 aromatic heterocycles. The molecular weight excluding hydrogens is 298 g/mol. The number of anilines is 2. The van der Waals surface area contributed by atoms with E-state index in [1.807, 2.05) is 0 Å². The van der Waals surface area contributed by atoms with Gasteiger partial charge in [-0.25, -0.2) is 9.97 Å². The smallest absolute Gasteiger partial charge is 0.276 e. The summed E-state index contributed by atoms with van der Waals surface area (Å²) in [4.78, 5) is 33.1. The number of likely N-dealkylation sites (N-methyl/N-ethyl adjacent to an activating group) is 1. The van der Waals surface area contributed by atoms with E-state index in [0.29, 0.717) is 11.4 Å². The van der Waals surface area contributed by atoms with Crippen LogP contribution >= 0.6 is 0 Å². The van der Waals surface area contributed by atoms with Crippen molar-refractivity contribution >= 4 is 23.3 Å². The van der Waals surface area contributed by atoms with Crippen molar-refractivity contribution in [1.29, 1.82) is 0 Å². The highest BCUT2D eigenvalue weighted by atomic mass is 16.5. The average Bonchev–Trinajstić information content (AvgIpc) is 2.55. The fourth-order valence-corrected chi connectivity index (χ4v) is 1.86. The van der Waals surface area contributed by atoms with Gasteiger partial charge in [0, 0.05) is 25.1 Å². The third kappa shape index (κ3) is 4.16.